The average Bonchev–Trinajstić information content (AvgIpc) is 3.35. The van der Waals surface area contributed by atoms with Crippen LogP contribution in [0.15, 0.2) is 24.5 Å². The first kappa shape index (κ1) is 17.1. The molecule has 0 spiro atoms. The van der Waals surface area contributed by atoms with E-state index >= 15 is 0 Å². The lowest BCUT2D eigenvalue weighted by Crippen LogP contribution is -2.37. The first-order valence-electron chi connectivity index (χ1n) is 8.90. The van der Waals surface area contributed by atoms with Crippen molar-refractivity contribution in [3.05, 3.63) is 40.4 Å². The summed E-state index contributed by atoms with van der Waals surface area (Å²) in [5.74, 6) is 2.27. The molecule has 2 fully saturated rings. The number of hydrogen-bond acceptors (Lipinski definition) is 4. The molecule has 1 aromatic heterocycles. The summed E-state index contributed by atoms with van der Waals surface area (Å²) in [6.07, 6.45) is 6.78. The highest BCUT2D eigenvalue weighted by Crippen LogP contribution is 2.38. The summed E-state index contributed by atoms with van der Waals surface area (Å²) in [5, 5.41) is 9.79. The van der Waals surface area contributed by atoms with Crippen molar-refractivity contribution < 1.29 is 4.74 Å². The Bertz CT molecular complexity index is 732. The molecule has 7 heteroatoms. The van der Waals surface area contributed by atoms with Gasteiger partial charge in [-0.1, -0.05) is 23.2 Å². The molecule has 25 heavy (non-hydrogen) atoms. The largest absolute Gasteiger partial charge is 0.491 e. The van der Waals surface area contributed by atoms with Crippen molar-refractivity contribution in [2.75, 3.05) is 26.2 Å². The number of halogens is 2. The lowest BCUT2D eigenvalue weighted by atomic mass is 9.97. The van der Waals surface area contributed by atoms with Gasteiger partial charge in [0.15, 0.2) is 0 Å². The van der Waals surface area contributed by atoms with Crippen LogP contribution in [0.1, 0.15) is 43.5 Å². The van der Waals surface area contributed by atoms with Crippen LogP contribution >= 0.6 is 23.2 Å². The minimum atomic E-state index is 0.464. The Labute approximate surface area is 157 Å². The molecule has 1 aliphatic carbocycles. The molecule has 0 bridgehead atoms. The van der Waals surface area contributed by atoms with Gasteiger partial charge >= 0.3 is 0 Å². The van der Waals surface area contributed by atoms with Crippen molar-refractivity contribution in [2.24, 2.45) is 0 Å². The number of ether oxygens (including phenoxy) is 1. The standard InChI is InChI=1S/C18H22Cl2N4O/c19-14-3-6-16(20)17(10-14)25-9-8-23-7-1-2-13(11-23)18-22-21-12-24(18)15-4-5-15/h3,6,10,12-13,15H,1-2,4-5,7-9,11H2. The van der Waals surface area contributed by atoms with Gasteiger partial charge in [-0.15, -0.1) is 10.2 Å². The zero-order valence-corrected chi connectivity index (χ0v) is 15.6. The molecule has 0 radical (unpaired) electrons. The zero-order valence-electron chi connectivity index (χ0n) is 14.1. The van der Waals surface area contributed by atoms with E-state index in [1.165, 1.54) is 25.7 Å². The van der Waals surface area contributed by atoms with E-state index in [1.807, 2.05) is 6.33 Å². The topological polar surface area (TPSA) is 43.2 Å². The van der Waals surface area contributed by atoms with E-state index in [0.29, 0.717) is 34.4 Å². The molecule has 2 aliphatic rings. The molecule has 0 amide bonds. The van der Waals surface area contributed by atoms with Gasteiger partial charge in [-0.3, -0.25) is 4.90 Å². The maximum Gasteiger partial charge on any atom is 0.139 e. The molecule has 4 rings (SSSR count). The highest BCUT2D eigenvalue weighted by Gasteiger charge is 2.31. The first-order chi connectivity index (χ1) is 12.2. The summed E-state index contributed by atoms with van der Waals surface area (Å²) in [4.78, 5) is 2.44. The van der Waals surface area contributed by atoms with Crippen molar-refractivity contribution in [3.63, 3.8) is 0 Å². The third kappa shape index (κ3) is 4.10. The van der Waals surface area contributed by atoms with Gasteiger partial charge in [0, 0.05) is 36.1 Å². The van der Waals surface area contributed by atoms with Crippen molar-refractivity contribution in [2.45, 2.75) is 37.6 Å². The van der Waals surface area contributed by atoms with Crippen LogP contribution in [0.25, 0.3) is 0 Å². The molecule has 1 unspecified atom stereocenters. The van der Waals surface area contributed by atoms with Gasteiger partial charge in [0.05, 0.1) is 5.02 Å². The summed E-state index contributed by atoms with van der Waals surface area (Å²) in [6.45, 7) is 3.58. The summed E-state index contributed by atoms with van der Waals surface area (Å²) in [6, 6.07) is 5.93. The first-order valence-corrected chi connectivity index (χ1v) is 9.66. The normalized spacial score (nSPS) is 21.4. The molecule has 2 heterocycles. The van der Waals surface area contributed by atoms with E-state index in [9.17, 15) is 0 Å². The Morgan fingerprint density at radius 1 is 1.20 bits per heavy atom. The van der Waals surface area contributed by atoms with Gasteiger partial charge in [-0.25, -0.2) is 0 Å². The Balaban J connectivity index is 1.32. The van der Waals surface area contributed by atoms with E-state index in [1.54, 1.807) is 18.2 Å². The second-order valence-electron chi connectivity index (χ2n) is 6.89. The van der Waals surface area contributed by atoms with Gasteiger partial charge in [-0.2, -0.15) is 0 Å². The van der Waals surface area contributed by atoms with E-state index < -0.39 is 0 Å². The molecule has 1 aromatic carbocycles. The minimum absolute atomic E-state index is 0.464. The second-order valence-corrected chi connectivity index (χ2v) is 7.73. The monoisotopic (exact) mass is 380 g/mol. The number of nitrogens with zero attached hydrogens (tertiary/aromatic N) is 4. The molecule has 1 aliphatic heterocycles. The maximum atomic E-state index is 6.15. The lowest BCUT2D eigenvalue weighted by Gasteiger charge is -2.32. The fraction of sp³-hybridized carbons (Fsp3) is 0.556. The molecule has 0 N–H and O–H groups in total. The van der Waals surface area contributed by atoms with Crippen LogP contribution in [-0.4, -0.2) is 45.9 Å². The highest BCUT2D eigenvalue weighted by molar-refractivity contribution is 6.34. The third-order valence-electron chi connectivity index (χ3n) is 4.97. The molecule has 1 saturated carbocycles. The predicted octanol–water partition coefficient (Wildman–Crippen LogP) is 4.18. The van der Waals surface area contributed by atoms with Crippen molar-refractivity contribution in [3.8, 4) is 5.75 Å². The van der Waals surface area contributed by atoms with Crippen LogP contribution in [0.3, 0.4) is 0 Å². The molecule has 1 atom stereocenters. The average molecular weight is 381 g/mol. The van der Waals surface area contributed by atoms with Crippen LogP contribution < -0.4 is 4.74 Å². The van der Waals surface area contributed by atoms with Crippen molar-refractivity contribution in [1.82, 2.24) is 19.7 Å². The van der Waals surface area contributed by atoms with E-state index in [-0.39, 0.29) is 0 Å². The quantitative estimate of drug-likeness (QED) is 0.753. The molecule has 1 saturated heterocycles. The number of benzene rings is 1. The van der Waals surface area contributed by atoms with Gasteiger partial charge in [0.25, 0.3) is 0 Å². The smallest absolute Gasteiger partial charge is 0.139 e. The molecule has 2 aromatic rings. The number of likely N-dealkylation sites (tertiary alicyclic amines) is 1. The Hall–Kier alpha value is -1.30. The van der Waals surface area contributed by atoms with Gasteiger partial charge < -0.3 is 9.30 Å². The van der Waals surface area contributed by atoms with Crippen LogP contribution in [0.5, 0.6) is 5.75 Å². The Morgan fingerprint density at radius 2 is 2.08 bits per heavy atom. The fourth-order valence-electron chi connectivity index (χ4n) is 3.52. The maximum absolute atomic E-state index is 6.15. The zero-order chi connectivity index (χ0) is 17.2. The summed E-state index contributed by atoms with van der Waals surface area (Å²) in [7, 11) is 0. The fourth-order valence-corrected chi connectivity index (χ4v) is 3.85. The minimum Gasteiger partial charge on any atom is -0.491 e. The second kappa shape index (κ2) is 7.52. The van der Waals surface area contributed by atoms with Crippen LogP contribution in [0.2, 0.25) is 10.0 Å². The van der Waals surface area contributed by atoms with E-state index in [2.05, 4.69) is 19.7 Å². The third-order valence-corrected chi connectivity index (χ3v) is 5.52. The SMILES string of the molecule is Clc1ccc(Cl)c(OCCN2CCCC(c3nncn3C3CC3)C2)c1. The van der Waals surface area contributed by atoms with Gasteiger partial charge in [0.1, 0.15) is 24.5 Å². The van der Waals surface area contributed by atoms with Gasteiger partial charge in [-0.05, 0) is 44.4 Å². The van der Waals surface area contributed by atoms with E-state index in [4.69, 9.17) is 27.9 Å². The van der Waals surface area contributed by atoms with Crippen LogP contribution in [0, 0.1) is 0 Å². The van der Waals surface area contributed by atoms with Crippen molar-refractivity contribution in [1.29, 1.82) is 0 Å². The Morgan fingerprint density at radius 3 is 2.92 bits per heavy atom. The summed E-state index contributed by atoms with van der Waals surface area (Å²) in [5.41, 5.74) is 0. The lowest BCUT2D eigenvalue weighted by molar-refractivity contribution is 0.166. The molecule has 5 nitrogen and oxygen atoms in total. The molecular formula is C18H22Cl2N4O. The Kier molecular flexibility index (Phi) is 5.15. The highest BCUT2D eigenvalue weighted by atomic mass is 35.5. The van der Waals surface area contributed by atoms with Crippen molar-refractivity contribution >= 4 is 23.2 Å². The van der Waals surface area contributed by atoms with Crippen LogP contribution in [-0.2, 0) is 0 Å². The van der Waals surface area contributed by atoms with Crippen LogP contribution in [0.4, 0.5) is 0 Å². The van der Waals surface area contributed by atoms with E-state index in [0.717, 1.165) is 25.5 Å². The number of rotatable bonds is 6. The summed E-state index contributed by atoms with van der Waals surface area (Å²) >= 11 is 12.1. The predicted molar refractivity (Wildman–Crippen MR) is 98.7 cm³/mol. The van der Waals surface area contributed by atoms with Gasteiger partial charge in [0.2, 0.25) is 0 Å². The summed E-state index contributed by atoms with van der Waals surface area (Å²) < 4.78 is 8.12. The number of aromatic nitrogens is 3. The number of piperidine rings is 1. The molecule has 134 valence electrons. The number of hydrogen-bond donors (Lipinski definition) is 0. The molecular weight excluding hydrogens is 359 g/mol.